The topological polar surface area (TPSA) is 52.9 Å². The smallest absolute Gasteiger partial charge is 0.0843 e. The Bertz CT molecular complexity index is 643. The second kappa shape index (κ2) is 9.49. The molecule has 1 fully saturated rings. The minimum absolute atomic E-state index is 0. The number of anilines is 1. The summed E-state index contributed by atoms with van der Waals surface area (Å²) in [5, 5.41) is 20.8. The minimum atomic E-state index is -0.899. The van der Waals surface area contributed by atoms with Gasteiger partial charge in [0.25, 0.3) is 0 Å². The molecule has 0 bridgehead atoms. The summed E-state index contributed by atoms with van der Waals surface area (Å²) < 4.78 is 4.70. The molecule has 0 aromatic heterocycles. The maximum absolute atomic E-state index is 10.5. The monoisotopic (exact) mass is 419 g/mol. The minimum Gasteiger partial charge on any atom is -0.546 e. The predicted molar refractivity (Wildman–Crippen MR) is 96.6 cm³/mol. The summed E-state index contributed by atoms with van der Waals surface area (Å²) in [7, 11) is 3.30. The summed E-state index contributed by atoms with van der Waals surface area (Å²) >= 11 is 0. The molecule has 4 nitrogen and oxygen atoms in total. The van der Waals surface area contributed by atoms with Crippen molar-refractivity contribution >= 4 is 5.69 Å². The van der Waals surface area contributed by atoms with Gasteiger partial charge in [0, 0.05) is 51.4 Å². The molecule has 0 aliphatic carbocycles. The molecule has 1 saturated heterocycles. The molecule has 1 radical (unpaired) electrons. The fraction of sp³-hybridized carbons (Fsp3) is 0.550. The number of nitrogens with zero attached hydrogens (tertiary/aromatic N) is 1. The number of rotatable bonds is 4. The maximum atomic E-state index is 10.5. The van der Waals surface area contributed by atoms with Gasteiger partial charge < -0.3 is 19.8 Å². The molecule has 1 aromatic rings. The Morgan fingerprint density at radius 1 is 1.32 bits per heavy atom. The summed E-state index contributed by atoms with van der Waals surface area (Å²) in [6.45, 7) is 8.79. The molecule has 135 valence electrons. The number of aliphatic hydroxyl groups excluding tert-OH is 1. The number of ether oxygens (including phenoxy) is 1. The molecule has 0 amide bonds. The van der Waals surface area contributed by atoms with Crippen molar-refractivity contribution in [1.82, 2.24) is 0 Å². The zero-order valence-electron chi connectivity index (χ0n) is 15.7. The van der Waals surface area contributed by atoms with Crippen LogP contribution in [0.5, 0.6) is 0 Å². The van der Waals surface area contributed by atoms with E-state index in [1.54, 1.807) is 13.8 Å². The summed E-state index contributed by atoms with van der Waals surface area (Å²) in [5.74, 6) is 5.96. The van der Waals surface area contributed by atoms with Crippen molar-refractivity contribution in [3.05, 3.63) is 35.9 Å². The molecular weight excluding hydrogens is 391 g/mol. The van der Waals surface area contributed by atoms with Crippen LogP contribution in [0, 0.1) is 32.8 Å². The molecule has 2 unspecified atom stereocenters. The van der Waals surface area contributed by atoms with Gasteiger partial charge in [-0.3, -0.25) is 0 Å². The van der Waals surface area contributed by atoms with Crippen LogP contribution in [-0.4, -0.2) is 35.5 Å². The van der Waals surface area contributed by atoms with Crippen molar-refractivity contribution in [3.63, 3.8) is 0 Å². The maximum Gasteiger partial charge on any atom is 0.0843 e. The van der Waals surface area contributed by atoms with Crippen LogP contribution in [0.25, 0.3) is 0 Å². The van der Waals surface area contributed by atoms with Gasteiger partial charge >= 0.3 is 0 Å². The van der Waals surface area contributed by atoms with E-state index in [2.05, 4.69) is 36.8 Å². The first-order valence-corrected chi connectivity index (χ1v) is 8.37. The third-order valence-electron chi connectivity index (χ3n) is 4.76. The average Bonchev–Trinajstić information content (AvgIpc) is 2.86. The van der Waals surface area contributed by atoms with Gasteiger partial charge in [0.2, 0.25) is 0 Å². The van der Waals surface area contributed by atoms with Crippen molar-refractivity contribution in [2.75, 3.05) is 18.1 Å². The standard InChI is InChI=1S/C20H28NO3.Y/c1-14-12-16(13-17(15(14)2)20(3,4)23)21-10-9-19(22)18(21)8-6-7-11-24-5;/h12-13,18-19,22-23H,5,8-11H2,1-4H3;/q-1;. The molecule has 0 saturated carbocycles. The van der Waals surface area contributed by atoms with E-state index in [4.69, 9.17) is 4.74 Å². The molecule has 5 heteroatoms. The zero-order chi connectivity index (χ0) is 17.9. The second-order valence-electron chi connectivity index (χ2n) is 7.02. The first-order chi connectivity index (χ1) is 11.3. The predicted octanol–water partition coefficient (Wildman–Crippen LogP) is 2.67. The number of aliphatic hydroxyl groups is 2. The molecule has 1 aliphatic heterocycles. The van der Waals surface area contributed by atoms with E-state index in [0.717, 1.165) is 35.3 Å². The van der Waals surface area contributed by atoms with Gasteiger partial charge in [0.05, 0.1) is 24.4 Å². The largest absolute Gasteiger partial charge is 0.546 e. The number of hydrogen-bond acceptors (Lipinski definition) is 4. The van der Waals surface area contributed by atoms with Crippen molar-refractivity contribution in [2.45, 2.75) is 58.3 Å². The van der Waals surface area contributed by atoms with Crippen LogP contribution in [0.3, 0.4) is 0 Å². The van der Waals surface area contributed by atoms with Crippen LogP contribution < -0.4 is 4.90 Å². The Balaban J connectivity index is 0.00000312. The Kier molecular flexibility index (Phi) is 8.58. The molecule has 25 heavy (non-hydrogen) atoms. The molecular formula is C20H28NO3Y-. The van der Waals surface area contributed by atoms with Gasteiger partial charge in [-0.2, -0.15) is 0 Å². The van der Waals surface area contributed by atoms with E-state index in [1.807, 2.05) is 13.0 Å². The van der Waals surface area contributed by atoms with E-state index in [-0.39, 0.29) is 38.8 Å². The molecule has 1 heterocycles. The van der Waals surface area contributed by atoms with E-state index in [1.165, 1.54) is 0 Å². The molecule has 2 N–H and O–H groups in total. The van der Waals surface area contributed by atoms with Crippen LogP contribution in [0.2, 0.25) is 0 Å². The quantitative estimate of drug-likeness (QED) is 0.582. The summed E-state index contributed by atoms with van der Waals surface area (Å²) in [5.41, 5.74) is 3.31. The van der Waals surface area contributed by atoms with E-state index in [9.17, 15) is 10.2 Å². The molecule has 0 spiro atoms. The molecule has 2 atom stereocenters. The Morgan fingerprint density at radius 3 is 2.60 bits per heavy atom. The van der Waals surface area contributed by atoms with Gasteiger partial charge in [0.15, 0.2) is 0 Å². The van der Waals surface area contributed by atoms with E-state index >= 15 is 0 Å². The average molecular weight is 419 g/mol. The summed E-state index contributed by atoms with van der Waals surface area (Å²) in [4.78, 5) is 2.20. The van der Waals surface area contributed by atoms with Gasteiger partial charge in [-0.05, 0) is 62.9 Å². The van der Waals surface area contributed by atoms with E-state index in [0.29, 0.717) is 13.0 Å². The fourth-order valence-electron chi connectivity index (χ4n) is 3.32. The zero-order valence-corrected chi connectivity index (χ0v) is 18.5. The Morgan fingerprint density at radius 2 is 2.00 bits per heavy atom. The van der Waals surface area contributed by atoms with Crippen molar-refractivity contribution < 1.29 is 47.7 Å². The number of hydrogen-bond donors (Lipinski definition) is 2. The normalized spacial score (nSPS) is 20.0. The number of aryl methyl sites for hydroxylation is 1. The summed E-state index contributed by atoms with van der Waals surface area (Å²) in [6.07, 6.45) is 0.908. The van der Waals surface area contributed by atoms with Gasteiger partial charge in [-0.1, -0.05) is 11.8 Å². The van der Waals surface area contributed by atoms with Crippen LogP contribution in [-0.2, 0) is 43.0 Å². The third kappa shape index (κ3) is 5.52. The molecule has 1 aliphatic rings. The third-order valence-corrected chi connectivity index (χ3v) is 4.76. The molecule has 2 rings (SSSR count). The Labute approximate surface area is 176 Å². The van der Waals surface area contributed by atoms with Crippen molar-refractivity contribution in [1.29, 1.82) is 0 Å². The van der Waals surface area contributed by atoms with Crippen LogP contribution >= 0.6 is 0 Å². The van der Waals surface area contributed by atoms with Crippen molar-refractivity contribution in [2.24, 2.45) is 0 Å². The summed E-state index contributed by atoms with van der Waals surface area (Å²) in [6, 6.07) is 4.13. The first-order valence-electron chi connectivity index (χ1n) is 8.37. The first kappa shape index (κ1) is 22.6. The van der Waals surface area contributed by atoms with Crippen LogP contribution in [0.15, 0.2) is 12.1 Å². The fourth-order valence-corrected chi connectivity index (χ4v) is 3.32. The second-order valence-corrected chi connectivity index (χ2v) is 7.02. The van der Waals surface area contributed by atoms with Crippen LogP contribution in [0.1, 0.15) is 43.4 Å². The SMILES string of the molecule is [CH2-]OCC#CCC1C(O)CCN1c1cc(C)c(C)c(C(C)(C)O)c1.[Y]. The molecule has 1 aromatic carbocycles. The van der Waals surface area contributed by atoms with E-state index < -0.39 is 11.7 Å². The van der Waals surface area contributed by atoms with Gasteiger partial charge in [0.1, 0.15) is 0 Å². The number of benzene rings is 1. The van der Waals surface area contributed by atoms with Gasteiger partial charge in [-0.15, -0.1) is 0 Å². The van der Waals surface area contributed by atoms with Crippen LogP contribution in [0.4, 0.5) is 5.69 Å². The van der Waals surface area contributed by atoms with Gasteiger partial charge in [-0.25, -0.2) is 7.11 Å². The van der Waals surface area contributed by atoms with Crippen molar-refractivity contribution in [3.8, 4) is 11.8 Å². The Hall–Kier alpha value is -0.436.